The summed E-state index contributed by atoms with van der Waals surface area (Å²) in [5.41, 5.74) is -0.872. The number of aryl methyl sites for hydroxylation is 1. The molecule has 2 aromatic carbocycles. The molecule has 12 heteroatoms. The van der Waals surface area contributed by atoms with E-state index in [1.165, 1.54) is 35.9 Å². The predicted octanol–water partition coefficient (Wildman–Crippen LogP) is 1.65. The molecule has 32 heavy (non-hydrogen) atoms. The van der Waals surface area contributed by atoms with Gasteiger partial charge in [-0.3, -0.25) is 14.5 Å². The number of nitrogens with zero attached hydrogens (tertiary/aromatic N) is 5. The molecule has 3 aromatic rings. The van der Waals surface area contributed by atoms with Crippen molar-refractivity contribution in [2.75, 3.05) is 11.9 Å². The van der Waals surface area contributed by atoms with Gasteiger partial charge in [0.2, 0.25) is 5.91 Å². The highest BCUT2D eigenvalue weighted by atomic mass is 19.1. The molecule has 1 unspecified atom stereocenters. The second kappa shape index (κ2) is 7.80. The molecule has 1 saturated heterocycles. The number of tetrazole rings is 1. The molecule has 10 nitrogen and oxygen atoms in total. The molecule has 1 fully saturated rings. The van der Waals surface area contributed by atoms with Gasteiger partial charge < -0.3 is 10.6 Å². The molecule has 2 N–H and O–H groups in total. The SMILES string of the molecule is Cc1nnnn1-c1ccc(F)c(NC(=O)CN2C(=O)NC(C)(c3ccc(F)cc3)C2=O)c1. The van der Waals surface area contributed by atoms with Gasteiger partial charge in [-0.25, -0.2) is 13.6 Å². The summed E-state index contributed by atoms with van der Waals surface area (Å²) >= 11 is 0. The van der Waals surface area contributed by atoms with E-state index in [2.05, 4.69) is 26.2 Å². The number of rotatable bonds is 5. The van der Waals surface area contributed by atoms with Crippen LogP contribution in [0.2, 0.25) is 0 Å². The first-order chi connectivity index (χ1) is 15.2. The van der Waals surface area contributed by atoms with Gasteiger partial charge in [0, 0.05) is 0 Å². The number of carbonyl (C=O) groups excluding carboxylic acids is 3. The van der Waals surface area contributed by atoms with Crippen molar-refractivity contribution in [2.45, 2.75) is 19.4 Å². The lowest BCUT2D eigenvalue weighted by atomic mass is 9.92. The topological polar surface area (TPSA) is 122 Å². The number of benzene rings is 2. The summed E-state index contributed by atoms with van der Waals surface area (Å²) in [6.45, 7) is 2.46. The van der Waals surface area contributed by atoms with E-state index in [0.717, 1.165) is 18.2 Å². The maximum atomic E-state index is 14.3. The Morgan fingerprint density at radius 2 is 1.88 bits per heavy atom. The Labute approximate surface area is 180 Å². The third kappa shape index (κ3) is 3.66. The Hall–Kier alpha value is -4.22. The highest BCUT2D eigenvalue weighted by Crippen LogP contribution is 2.29. The van der Waals surface area contributed by atoms with Crippen LogP contribution in [-0.4, -0.2) is 49.5 Å². The van der Waals surface area contributed by atoms with Crippen molar-refractivity contribution in [1.29, 1.82) is 0 Å². The summed E-state index contributed by atoms with van der Waals surface area (Å²) in [6, 6.07) is 8.17. The van der Waals surface area contributed by atoms with Crippen molar-refractivity contribution in [2.24, 2.45) is 0 Å². The van der Waals surface area contributed by atoms with Crippen LogP contribution in [0.4, 0.5) is 19.3 Å². The van der Waals surface area contributed by atoms with Gasteiger partial charge in [0.1, 0.15) is 23.7 Å². The van der Waals surface area contributed by atoms with E-state index in [-0.39, 0.29) is 5.69 Å². The van der Waals surface area contributed by atoms with E-state index < -0.39 is 41.6 Å². The Kier molecular flexibility index (Phi) is 5.12. The van der Waals surface area contributed by atoms with Gasteiger partial charge in [0.25, 0.3) is 5.91 Å². The normalized spacial score (nSPS) is 18.1. The molecule has 0 bridgehead atoms. The van der Waals surface area contributed by atoms with Crippen LogP contribution in [0.3, 0.4) is 0 Å². The van der Waals surface area contributed by atoms with Crippen molar-refractivity contribution in [1.82, 2.24) is 30.4 Å². The Morgan fingerprint density at radius 3 is 2.53 bits per heavy atom. The highest BCUT2D eigenvalue weighted by molar-refractivity contribution is 6.10. The maximum Gasteiger partial charge on any atom is 0.325 e. The molecule has 1 atom stereocenters. The largest absolute Gasteiger partial charge is 0.325 e. The fraction of sp³-hybridized carbons (Fsp3) is 0.200. The minimum atomic E-state index is -1.46. The van der Waals surface area contributed by atoms with Crippen molar-refractivity contribution < 1.29 is 23.2 Å². The third-order valence-electron chi connectivity index (χ3n) is 5.09. The van der Waals surface area contributed by atoms with Crippen LogP contribution in [0.1, 0.15) is 18.3 Å². The fourth-order valence-electron chi connectivity index (χ4n) is 3.36. The summed E-state index contributed by atoms with van der Waals surface area (Å²) in [7, 11) is 0. The minimum Gasteiger partial charge on any atom is -0.322 e. The third-order valence-corrected chi connectivity index (χ3v) is 5.09. The second-order valence-electron chi connectivity index (χ2n) is 7.30. The number of amides is 4. The number of halogens is 2. The number of nitrogens with one attached hydrogen (secondary N) is 2. The standard InChI is InChI=1S/C20H17F2N7O3/c1-11-25-26-27-29(11)14-7-8-15(22)16(9-14)23-17(30)10-28-18(31)20(2,24-19(28)32)12-3-5-13(21)6-4-12/h3-9H,10H2,1-2H3,(H,23,30)(H,24,32). The average molecular weight is 441 g/mol. The van der Waals surface area contributed by atoms with E-state index in [9.17, 15) is 23.2 Å². The lowest BCUT2D eigenvalue weighted by Gasteiger charge is -2.22. The van der Waals surface area contributed by atoms with Gasteiger partial charge in [-0.1, -0.05) is 12.1 Å². The molecule has 2 heterocycles. The highest BCUT2D eigenvalue weighted by Gasteiger charge is 2.49. The number of carbonyl (C=O) groups is 3. The number of hydrogen-bond acceptors (Lipinski definition) is 6. The predicted molar refractivity (Wildman–Crippen MR) is 106 cm³/mol. The first-order valence-corrected chi connectivity index (χ1v) is 9.44. The van der Waals surface area contributed by atoms with Crippen LogP contribution in [0.5, 0.6) is 0 Å². The van der Waals surface area contributed by atoms with Crippen molar-refractivity contribution in [3.63, 3.8) is 0 Å². The molecule has 0 aliphatic carbocycles. The Bertz CT molecular complexity index is 1230. The molecular weight excluding hydrogens is 424 g/mol. The molecule has 4 rings (SSSR count). The summed E-state index contributed by atoms with van der Waals surface area (Å²) in [6.07, 6.45) is 0. The smallest absolute Gasteiger partial charge is 0.322 e. The maximum absolute atomic E-state index is 14.3. The first-order valence-electron chi connectivity index (χ1n) is 9.44. The van der Waals surface area contributed by atoms with E-state index >= 15 is 0 Å². The summed E-state index contributed by atoms with van der Waals surface area (Å²) < 4.78 is 28.8. The first kappa shape index (κ1) is 21.0. The van der Waals surface area contributed by atoms with Crippen molar-refractivity contribution >= 4 is 23.5 Å². The number of urea groups is 1. The van der Waals surface area contributed by atoms with Crippen LogP contribution in [0, 0.1) is 18.6 Å². The molecule has 164 valence electrons. The molecule has 1 aliphatic rings. The van der Waals surface area contributed by atoms with Crippen molar-refractivity contribution in [3.05, 3.63) is 65.5 Å². The molecule has 0 saturated carbocycles. The van der Waals surface area contributed by atoms with Crippen LogP contribution in [-0.2, 0) is 15.1 Å². The van der Waals surface area contributed by atoms with Crippen LogP contribution < -0.4 is 10.6 Å². The number of imide groups is 1. The van der Waals surface area contributed by atoms with Crippen LogP contribution >= 0.6 is 0 Å². The van der Waals surface area contributed by atoms with Gasteiger partial charge >= 0.3 is 6.03 Å². The van der Waals surface area contributed by atoms with Crippen molar-refractivity contribution in [3.8, 4) is 5.69 Å². The monoisotopic (exact) mass is 441 g/mol. The number of hydrogen-bond donors (Lipinski definition) is 2. The fourth-order valence-corrected chi connectivity index (χ4v) is 3.36. The molecule has 1 aromatic heterocycles. The summed E-state index contributed by atoms with van der Waals surface area (Å²) in [5.74, 6) is -2.25. The van der Waals surface area contributed by atoms with E-state index in [4.69, 9.17) is 0 Å². The Balaban J connectivity index is 1.51. The zero-order valence-electron chi connectivity index (χ0n) is 17.0. The Morgan fingerprint density at radius 1 is 1.16 bits per heavy atom. The molecule has 0 radical (unpaired) electrons. The zero-order valence-corrected chi connectivity index (χ0v) is 17.0. The number of aromatic nitrogens is 4. The molecule has 4 amide bonds. The minimum absolute atomic E-state index is 0.171. The lowest BCUT2D eigenvalue weighted by molar-refractivity contribution is -0.133. The summed E-state index contributed by atoms with van der Waals surface area (Å²) in [5, 5.41) is 15.9. The molecule has 0 spiro atoms. The van der Waals surface area contributed by atoms with Crippen LogP contribution in [0.25, 0.3) is 5.69 Å². The van der Waals surface area contributed by atoms with Gasteiger partial charge in [-0.2, -0.15) is 4.68 Å². The number of anilines is 1. The van der Waals surface area contributed by atoms with Gasteiger partial charge in [0.15, 0.2) is 5.82 Å². The van der Waals surface area contributed by atoms with Gasteiger partial charge in [0.05, 0.1) is 11.4 Å². The molecular formula is C20H17F2N7O3. The molecule has 1 aliphatic heterocycles. The van der Waals surface area contributed by atoms with Crippen LogP contribution in [0.15, 0.2) is 42.5 Å². The average Bonchev–Trinajstić information content (AvgIpc) is 3.27. The van der Waals surface area contributed by atoms with E-state index in [1.54, 1.807) is 6.92 Å². The van der Waals surface area contributed by atoms with Gasteiger partial charge in [-0.15, -0.1) is 5.10 Å². The quantitative estimate of drug-likeness (QED) is 0.581. The summed E-state index contributed by atoms with van der Waals surface area (Å²) in [4.78, 5) is 38.5. The second-order valence-corrected chi connectivity index (χ2v) is 7.30. The lowest BCUT2D eigenvalue weighted by Crippen LogP contribution is -2.42. The zero-order chi connectivity index (χ0) is 23.0. The van der Waals surface area contributed by atoms with Gasteiger partial charge in [-0.05, 0) is 60.2 Å². The van der Waals surface area contributed by atoms with E-state index in [0.29, 0.717) is 22.0 Å². The van der Waals surface area contributed by atoms with E-state index in [1.807, 2.05) is 0 Å².